The monoisotopic (exact) mass is 358 g/mol. The quantitative estimate of drug-likeness (QED) is 0.477. The van der Waals surface area contributed by atoms with Gasteiger partial charge >= 0.3 is 0 Å². The molecule has 0 aliphatic heterocycles. The van der Waals surface area contributed by atoms with E-state index in [0.717, 1.165) is 18.5 Å². The van der Waals surface area contributed by atoms with Crippen LogP contribution in [0, 0.1) is 0 Å². The Labute approximate surface area is 156 Å². The van der Waals surface area contributed by atoms with Gasteiger partial charge in [0.1, 0.15) is 0 Å². The molecular weight excluding hydrogens is 328 g/mol. The number of benzene rings is 1. The molecule has 2 rings (SSSR count). The number of allylic oxidation sites excluding steroid dienone is 3. The van der Waals surface area contributed by atoms with E-state index in [-0.39, 0.29) is 12.0 Å². The predicted molar refractivity (Wildman–Crippen MR) is 104 cm³/mol. The SMILES string of the molecule is CCCCCC1=CCC=C1NNC(=O)c1ccc(OC(C)C)c(OC)c1. The second kappa shape index (κ2) is 9.90. The second-order valence-electron chi connectivity index (χ2n) is 6.65. The molecule has 0 saturated carbocycles. The van der Waals surface area contributed by atoms with Gasteiger partial charge in [-0.1, -0.05) is 31.9 Å². The Hall–Kier alpha value is -2.43. The van der Waals surface area contributed by atoms with Crippen molar-refractivity contribution in [2.45, 2.75) is 59.0 Å². The Morgan fingerprint density at radius 1 is 1.19 bits per heavy atom. The van der Waals surface area contributed by atoms with Gasteiger partial charge in [0.15, 0.2) is 11.5 Å². The summed E-state index contributed by atoms with van der Waals surface area (Å²) in [6.07, 6.45) is 9.90. The van der Waals surface area contributed by atoms with E-state index in [1.54, 1.807) is 25.3 Å². The first-order valence-corrected chi connectivity index (χ1v) is 9.35. The molecule has 1 aromatic carbocycles. The van der Waals surface area contributed by atoms with Crippen LogP contribution in [-0.4, -0.2) is 19.1 Å². The zero-order valence-corrected chi connectivity index (χ0v) is 16.2. The molecule has 1 aromatic rings. The Morgan fingerprint density at radius 2 is 2.00 bits per heavy atom. The average molecular weight is 358 g/mol. The Morgan fingerprint density at radius 3 is 2.69 bits per heavy atom. The minimum absolute atomic E-state index is 0.0393. The minimum atomic E-state index is -0.208. The van der Waals surface area contributed by atoms with Gasteiger partial charge in [-0.15, -0.1) is 0 Å². The lowest BCUT2D eigenvalue weighted by Gasteiger charge is -2.15. The molecule has 5 heteroatoms. The number of hydrogen-bond acceptors (Lipinski definition) is 4. The summed E-state index contributed by atoms with van der Waals surface area (Å²) < 4.78 is 11.0. The van der Waals surface area contributed by atoms with Gasteiger partial charge in [0.05, 0.1) is 18.9 Å². The molecule has 1 amide bonds. The number of nitrogens with one attached hydrogen (secondary N) is 2. The van der Waals surface area contributed by atoms with Crippen LogP contribution in [0.25, 0.3) is 0 Å². The molecule has 1 aliphatic rings. The van der Waals surface area contributed by atoms with Crippen LogP contribution in [-0.2, 0) is 0 Å². The van der Waals surface area contributed by atoms with Crippen molar-refractivity contribution in [2.75, 3.05) is 7.11 Å². The molecule has 1 aliphatic carbocycles. The van der Waals surface area contributed by atoms with E-state index in [1.807, 2.05) is 13.8 Å². The smallest absolute Gasteiger partial charge is 0.269 e. The molecule has 0 fully saturated rings. The van der Waals surface area contributed by atoms with Crippen LogP contribution in [0.3, 0.4) is 0 Å². The molecule has 0 atom stereocenters. The lowest BCUT2D eigenvalue weighted by molar-refractivity contribution is 0.0939. The fourth-order valence-corrected chi connectivity index (χ4v) is 2.85. The summed E-state index contributed by atoms with van der Waals surface area (Å²) in [5.74, 6) is 0.971. The van der Waals surface area contributed by atoms with Gasteiger partial charge in [0.2, 0.25) is 0 Å². The minimum Gasteiger partial charge on any atom is -0.493 e. The van der Waals surface area contributed by atoms with Crippen molar-refractivity contribution in [3.8, 4) is 11.5 Å². The number of methoxy groups -OCH3 is 1. The van der Waals surface area contributed by atoms with Crippen LogP contribution < -0.4 is 20.3 Å². The molecule has 0 saturated heterocycles. The molecular formula is C21H30N2O3. The Kier molecular flexibility index (Phi) is 7.57. The van der Waals surface area contributed by atoms with Gasteiger partial charge in [-0.2, -0.15) is 0 Å². The number of carbonyl (C=O) groups is 1. The van der Waals surface area contributed by atoms with Crippen molar-refractivity contribution in [1.82, 2.24) is 10.9 Å². The maximum absolute atomic E-state index is 12.5. The topological polar surface area (TPSA) is 59.6 Å². The summed E-state index contributed by atoms with van der Waals surface area (Å²) in [5.41, 5.74) is 8.63. The van der Waals surface area contributed by atoms with Crippen LogP contribution in [0.15, 0.2) is 41.6 Å². The second-order valence-corrected chi connectivity index (χ2v) is 6.65. The standard InChI is InChI=1S/C21H30N2O3/c1-5-6-7-9-16-10-8-11-18(16)22-23-21(24)17-12-13-19(26-15(2)3)20(14-17)25-4/h10-15,22H,5-9H2,1-4H3,(H,23,24). The van der Waals surface area contributed by atoms with Crippen LogP contribution in [0.1, 0.15) is 63.2 Å². The number of ether oxygens (including phenoxy) is 2. The lowest BCUT2D eigenvalue weighted by atomic mass is 10.1. The van der Waals surface area contributed by atoms with Gasteiger partial charge in [-0.25, -0.2) is 0 Å². The molecule has 0 aromatic heterocycles. The normalized spacial score (nSPS) is 13.3. The lowest BCUT2D eigenvalue weighted by Crippen LogP contribution is -2.36. The Balaban J connectivity index is 1.94. The van der Waals surface area contributed by atoms with Gasteiger partial charge < -0.3 is 9.47 Å². The molecule has 0 spiro atoms. The van der Waals surface area contributed by atoms with Crippen LogP contribution in [0.5, 0.6) is 11.5 Å². The van der Waals surface area contributed by atoms with Gasteiger partial charge in [0, 0.05) is 5.56 Å². The fraction of sp³-hybridized carbons (Fsp3) is 0.476. The maximum atomic E-state index is 12.5. The molecule has 0 bridgehead atoms. The van der Waals surface area contributed by atoms with Crippen molar-refractivity contribution < 1.29 is 14.3 Å². The zero-order valence-electron chi connectivity index (χ0n) is 16.2. The van der Waals surface area contributed by atoms with Crippen molar-refractivity contribution in [3.05, 3.63) is 47.2 Å². The summed E-state index contributed by atoms with van der Waals surface area (Å²) in [6, 6.07) is 5.19. The highest BCUT2D eigenvalue weighted by atomic mass is 16.5. The largest absolute Gasteiger partial charge is 0.493 e. The predicted octanol–water partition coefficient (Wildman–Crippen LogP) is 4.51. The number of amides is 1. The number of carbonyl (C=O) groups excluding carboxylic acids is 1. The first-order chi connectivity index (χ1) is 12.5. The molecule has 26 heavy (non-hydrogen) atoms. The summed E-state index contributed by atoms with van der Waals surface area (Å²) in [7, 11) is 1.57. The molecule has 2 N–H and O–H groups in total. The maximum Gasteiger partial charge on any atom is 0.269 e. The van der Waals surface area contributed by atoms with E-state index in [0.29, 0.717) is 17.1 Å². The third-order valence-corrected chi connectivity index (χ3v) is 4.18. The van der Waals surface area contributed by atoms with Crippen LogP contribution in [0.4, 0.5) is 0 Å². The highest BCUT2D eigenvalue weighted by Gasteiger charge is 2.14. The third kappa shape index (κ3) is 5.55. The van der Waals surface area contributed by atoms with E-state index in [2.05, 4.69) is 29.9 Å². The van der Waals surface area contributed by atoms with Crippen LogP contribution >= 0.6 is 0 Å². The number of hydrogen-bond donors (Lipinski definition) is 2. The number of rotatable bonds is 10. The fourth-order valence-electron chi connectivity index (χ4n) is 2.85. The third-order valence-electron chi connectivity index (χ3n) is 4.18. The van der Waals surface area contributed by atoms with Crippen LogP contribution in [0.2, 0.25) is 0 Å². The summed E-state index contributed by atoms with van der Waals surface area (Å²) in [4.78, 5) is 12.5. The van der Waals surface area contributed by atoms with E-state index in [9.17, 15) is 4.79 Å². The highest BCUT2D eigenvalue weighted by Crippen LogP contribution is 2.29. The summed E-state index contributed by atoms with van der Waals surface area (Å²) in [5, 5.41) is 0. The van der Waals surface area contributed by atoms with Gasteiger partial charge in [-0.3, -0.25) is 15.6 Å². The van der Waals surface area contributed by atoms with Gasteiger partial charge in [0.25, 0.3) is 5.91 Å². The molecule has 0 unspecified atom stereocenters. The first-order valence-electron chi connectivity index (χ1n) is 9.35. The molecule has 142 valence electrons. The first kappa shape index (κ1) is 19.9. The average Bonchev–Trinajstić information content (AvgIpc) is 3.07. The van der Waals surface area contributed by atoms with Gasteiger partial charge in [-0.05, 0) is 56.9 Å². The molecule has 5 nitrogen and oxygen atoms in total. The van der Waals surface area contributed by atoms with E-state index in [1.165, 1.54) is 24.8 Å². The van der Waals surface area contributed by atoms with Crippen molar-refractivity contribution in [2.24, 2.45) is 0 Å². The zero-order chi connectivity index (χ0) is 18.9. The van der Waals surface area contributed by atoms with E-state index in [4.69, 9.17) is 9.47 Å². The molecule has 0 heterocycles. The van der Waals surface area contributed by atoms with Crippen molar-refractivity contribution >= 4 is 5.91 Å². The molecule has 0 radical (unpaired) electrons. The number of unbranched alkanes of at least 4 members (excludes halogenated alkanes) is 2. The van der Waals surface area contributed by atoms with Crippen molar-refractivity contribution in [1.29, 1.82) is 0 Å². The van der Waals surface area contributed by atoms with E-state index < -0.39 is 0 Å². The van der Waals surface area contributed by atoms with E-state index >= 15 is 0 Å². The number of hydrazine groups is 1. The summed E-state index contributed by atoms with van der Waals surface area (Å²) >= 11 is 0. The summed E-state index contributed by atoms with van der Waals surface area (Å²) in [6.45, 7) is 6.10. The highest BCUT2D eigenvalue weighted by molar-refractivity contribution is 5.94. The van der Waals surface area contributed by atoms with Crippen molar-refractivity contribution in [3.63, 3.8) is 0 Å². The Bertz CT molecular complexity index is 678.